The van der Waals surface area contributed by atoms with Crippen LogP contribution in [0.15, 0.2) is 22.7 Å². The van der Waals surface area contributed by atoms with Crippen LogP contribution in [0.2, 0.25) is 0 Å². The van der Waals surface area contributed by atoms with Gasteiger partial charge in [0.2, 0.25) is 5.91 Å². The number of carbonyl (C=O) groups is 2. The number of carboxylic acids is 1. The molecule has 1 rings (SSSR count). The third kappa shape index (κ3) is 4.63. The second kappa shape index (κ2) is 6.65. The van der Waals surface area contributed by atoms with E-state index < -0.39 is 12.0 Å². The molecule has 6 heteroatoms. The van der Waals surface area contributed by atoms with E-state index >= 15 is 0 Å². The molecule has 1 aromatic rings. The van der Waals surface area contributed by atoms with Crippen molar-refractivity contribution in [3.63, 3.8) is 0 Å². The zero-order valence-electron chi connectivity index (χ0n) is 10.6. The molecular formula is C13H15BrFNO3. The molecule has 0 spiro atoms. The Morgan fingerprint density at radius 1 is 1.42 bits per heavy atom. The summed E-state index contributed by atoms with van der Waals surface area (Å²) < 4.78 is 13.4. The predicted molar refractivity (Wildman–Crippen MR) is 72.2 cm³/mol. The topological polar surface area (TPSA) is 66.4 Å². The molecular weight excluding hydrogens is 317 g/mol. The number of rotatable bonds is 5. The summed E-state index contributed by atoms with van der Waals surface area (Å²) in [4.78, 5) is 22.4. The third-order valence-corrected chi connectivity index (χ3v) is 3.31. The monoisotopic (exact) mass is 331 g/mol. The number of carboxylic acid groups (broad SMARTS) is 1. The van der Waals surface area contributed by atoms with Gasteiger partial charge in [-0.25, -0.2) is 4.39 Å². The van der Waals surface area contributed by atoms with E-state index in [1.54, 1.807) is 19.1 Å². The van der Waals surface area contributed by atoms with Crippen molar-refractivity contribution < 1.29 is 19.1 Å². The lowest BCUT2D eigenvalue weighted by molar-refractivity contribution is -0.141. The molecule has 1 aromatic carbocycles. The number of nitrogens with one attached hydrogen (secondary N) is 1. The summed E-state index contributed by atoms with van der Waals surface area (Å²) in [7, 11) is 0. The van der Waals surface area contributed by atoms with E-state index in [9.17, 15) is 14.0 Å². The van der Waals surface area contributed by atoms with E-state index in [2.05, 4.69) is 21.2 Å². The standard InChI is InChI=1S/C13H15BrFNO3/c1-7(12(17)16-8(2)13(18)19)5-9-3-4-11(15)10(14)6-9/h3-4,6-8H,5H2,1-2H3,(H,16,17)(H,18,19). The van der Waals surface area contributed by atoms with Crippen LogP contribution in [0.1, 0.15) is 19.4 Å². The fraction of sp³-hybridized carbons (Fsp3) is 0.385. The summed E-state index contributed by atoms with van der Waals surface area (Å²) in [5.41, 5.74) is 0.805. The minimum absolute atomic E-state index is 0.338. The van der Waals surface area contributed by atoms with E-state index in [-0.39, 0.29) is 17.6 Å². The SMILES string of the molecule is CC(Cc1ccc(F)c(Br)c1)C(=O)NC(C)C(=O)O. The molecule has 0 aromatic heterocycles. The lowest BCUT2D eigenvalue weighted by atomic mass is 10.00. The highest BCUT2D eigenvalue weighted by molar-refractivity contribution is 9.10. The summed E-state index contributed by atoms with van der Waals surface area (Å²) in [5, 5.41) is 11.1. The van der Waals surface area contributed by atoms with Crippen molar-refractivity contribution in [1.82, 2.24) is 5.32 Å². The highest BCUT2D eigenvalue weighted by atomic mass is 79.9. The van der Waals surface area contributed by atoms with Gasteiger partial charge in [-0.2, -0.15) is 0 Å². The maximum atomic E-state index is 13.1. The Morgan fingerprint density at radius 2 is 2.05 bits per heavy atom. The fourth-order valence-electron chi connectivity index (χ4n) is 1.53. The Hall–Kier alpha value is -1.43. The van der Waals surface area contributed by atoms with Crippen LogP contribution in [-0.2, 0) is 16.0 Å². The van der Waals surface area contributed by atoms with Gasteiger partial charge in [-0.05, 0) is 47.0 Å². The molecule has 0 bridgehead atoms. The molecule has 4 nitrogen and oxygen atoms in total. The zero-order valence-corrected chi connectivity index (χ0v) is 12.2. The molecule has 0 heterocycles. The number of halogens is 2. The van der Waals surface area contributed by atoms with Gasteiger partial charge in [0.25, 0.3) is 0 Å². The van der Waals surface area contributed by atoms with Crippen molar-refractivity contribution in [2.24, 2.45) is 5.92 Å². The van der Waals surface area contributed by atoms with Crippen LogP contribution in [0.25, 0.3) is 0 Å². The van der Waals surface area contributed by atoms with Crippen LogP contribution < -0.4 is 5.32 Å². The van der Waals surface area contributed by atoms with Crippen molar-refractivity contribution in [1.29, 1.82) is 0 Å². The smallest absolute Gasteiger partial charge is 0.325 e. The molecule has 0 radical (unpaired) electrons. The minimum atomic E-state index is -1.08. The Labute approximate surface area is 119 Å². The first-order chi connectivity index (χ1) is 8.81. The fourth-order valence-corrected chi connectivity index (χ4v) is 1.96. The lowest BCUT2D eigenvalue weighted by Gasteiger charge is -2.15. The van der Waals surface area contributed by atoms with E-state index in [0.29, 0.717) is 10.9 Å². The van der Waals surface area contributed by atoms with Gasteiger partial charge in [0.1, 0.15) is 11.9 Å². The molecule has 2 atom stereocenters. The summed E-state index contributed by atoms with van der Waals surface area (Å²) in [6.07, 6.45) is 0.414. The molecule has 0 fully saturated rings. The quantitative estimate of drug-likeness (QED) is 0.870. The summed E-state index contributed by atoms with van der Waals surface area (Å²) in [6.45, 7) is 3.10. The van der Waals surface area contributed by atoms with Crippen LogP contribution >= 0.6 is 15.9 Å². The van der Waals surface area contributed by atoms with Crippen LogP contribution in [0.5, 0.6) is 0 Å². The van der Waals surface area contributed by atoms with Gasteiger partial charge in [0.15, 0.2) is 0 Å². The van der Waals surface area contributed by atoms with E-state index in [1.807, 2.05) is 0 Å². The molecule has 0 aliphatic carbocycles. The highest BCUT2D eigenvalue weighted by Gasteiger charge is 2.19. The maximum Gasteiger partial charge on any atom is 0.325 e. The summed E-state index contributed by atoms with van der Waals surface area (Å²) >= 11 is 3.08. The first kappa shape index (κ1) is 15.6. The highest BCUT2D eigenvalue weighted by Crippen LogP contribution is 2.19. The van der Waals surface area contributed by atoms with E-state index in [1.165, 1.54) is 13.0 Å². The first-order valence-corrected chi connectivity index (χ1v) is 6.57. The Bertz CT molecular complexity index is 493. The molecule has 0 saturated carbocycles. The first-order valence-electron chi connectivity index (χ1n) is 5.78. The minimum Gasteiger partial charge on any atom is -0.480 e. The number of amides is 1. The predicted octanol–water partition coefficient (Wildman–Crippen LogP) is 2.36. The third-order valence-electron chi connectivity index (χ3n) is 2.70. The van der Waals surface area contributed by atoms with Gasteiger partial charge in [0, 0.05) is 5.92 Å². The Kier molecular flexibility index (Phi) is 5.47. The van der Waals surface area contributed by atoms with Crippen molar-refractivity contribution in [2.45, 2.75) is 26.3 Å². The van der Waals surface area contributed by atoms with Gasteiger partial charge in [-0.3, -0.25) is 9.59 Å². The lowest BCUT2D eigenvalue weighted by Crippen LogP contribution is -2.41. The van der Waals surface area contributed by atoms with Crippen LogP contribution in [0.3, 0.4) is 0 Å². The average molecular weight is 332 g/mol. The summed E-state index contributed by atoms with van der Waals surface area (Å²) in [5.74, 6) is -2.17. The molecule has 0 aliphatic heterocycles. The van der Waals surface area contributed by atoms with Crippen LogP contribution in [0.4, 0.5) is 4.39 Å². The van der Waals surface area contributed by atoms with Crippen molar-refractivity contribution in [2.75, 3.05) is 0 Å². The Balaban J connectivity index is 2.63. The van der Waals surface area contributed by atoms with Crippen LogP contribution in [0, 0.1) is 11.7 Å². The average Bonchev–Trinajstić information content (AvgIpc) is 2.33. The number of hydrogen-bond donors (Lipinski definition) is 2. The van der Waals surface area contributed by atoms with Gasteiger partial charge in [-0.1, -0.05) is 13.0 Å². The molecule has 2 unspecified atom stereocenters. The van der Waals surface area contributed by atoms with Gasteiger partial charge in [-0.15, -0.1) is 0 Å². The Morgan fingerprint density at radius 3 is 2.58 bits per heavy atom. The number of benzene rings is 1. The van der Waals surface area contributed by atoms with Gasteiger partial charge < -0.3 is 10.4 Å². The van der Waals surface area contributed by atoms with Gasteiger partial charge >= 0.3 is 5.97 Å². The zero-order chi connectivity index (χ0) is 14.6. The molecule has 2 N–H and O–H groups in total. The van der Waals surface area contributed by atoms with Crippen molar-refractivity contribution in [3.05, 3.63) is 34.1 Å². The maximum absolute atomic E-state index is 13.1. The molecule has 19 heavy (non-hydrogen) atoms. The molecule has 0 aliphatic rings. The second-order valence-corrected chi connectivity index (χ2v) is 5.28. The summed E-state index contributed by atoms with van der Waals surface area (Å²) in [6, 6.07) is 3.61. The molecule has 1 amide bonds. The second-order valence-electron chi connectivity index (χ2n) is 4.42. The molecule has 0 saturated heterocycles. The largest absolute Gasteiger partial charge is 0.480 e. The van der Waals surface area contributed by atoms with E-state index in [4.69, 9.17) is 5.11 Å². The van der Waals surface area contributed by atoms with E-state index in [0.717, 1.165) is 5.56 Å². The normalized spacial score (nSPS) is 13.7. The molecule has 104 valence electrons. The number of hydrogen-bond acceptors (Lipinski definition) is 2. The van der Waals surface area contributed by atoms with Crippen LogP contribution in [-0.4, -0.2) is 23.0 Å². The van der Waals surface area contributed by atoms with Gasteiger partial charge in [0.05, 0.1) is 4.47 Å². The van der Waals surface area contributed by atoms with Crippen molar-refractivity contribution >= 4 is 27.8 Å². The number of carbonyl (C=O) groups excluding carboxylic acids is 1. The van der Waals surface area contributed by atoms with Crippen molar-refractivity contribution in [3.8, 4) is 0 Å². The number of aliphatic carboxylic acids is 1.